The van der Waals surface area contributed by atoms with E-state index < -0.39 is 17.7 Å². The van der Waals surface area contributed by atoms with Crippen LogP contribution < -0.4 is 0 Å². The Morgan fingerprint density at radius 2 is 1.71 bits per heavy atom. The molecule has 0 radical (unpaired) electrons. The number of hydrogen-bond donors (Lipinski definition) is 1. The number of pyridine rings is 1. The van der Waals surface area contributed by atoms with Crippen molar-refractivity contribution in [3.63, 3.8) is 0 Å². The van der Waals surface area contributed by atoms with Crippen molar-refractivity contribution in [2.45, 2.75) is 19.9 Å². The van der Waals surface area contributed by atoms with Crippen molar-refractivity contribution in [3.05, 3.63) is 71.6 Å². The van der Waals surface area contributed by atoms with E-state index in [1.165, 1.54) is 0 Å². The Kier molecular flexibility index (Phi) is 6.21. The maximum absolute atomic E-state index is 12.9. The zero-order valence-electron chi connectivity index (χ0n) is 16.2. The highest BCUT2D eigenvalue weighted by molar-refractivity contribution is 6.46. The molecule has 6 nitrogen and oxygen atoms in total. The van der Waals surface area contributed by atoms with Crippen LogP contribution in [0.4, 0.5) is 0 Å². The van der Waals surface area contributed by atoms with Crippen molar-refractivity contribution < 1.29 is 14.7 Å². The van der Waals surface area contributed by atoms with Crippen LogP contribution in [0.2, 0.25) is 0 Å². The van der Waals surface area contributed by atoms with Crippen molar-refractivity contribution in [2.75, 3.05) is 26.2 Å². The van der Waals surface area contributed by atoms with Crippen molar-refractivity contribution in [1.29, 1.82) is 0 Å². The Labute approximate surface area is 165 Å². The molecule has 0 bridgehead atoms. The Hall–Kier alpha value is -2.99. The molecule has 2 aromatic rings. The SMILES string of the molecule is CCN(CC)CCN1C(=O)C(=O)C(=C(O)c2ccncc2)[C@H]1c1ccccc1. The lowest BCUT2D eigenvalue weighted by Gasteiger charge is -2.28. The van der Waals surface area contributed by atoms with Crippen molar-refractivity contribution >= 4 is 17.4 Å². The molecule has 28 heavy (non-hydrogen) atoms. The second-order valence-electron chi connectivity index (χ2n) is 6.67. The molecule has 0 spiro atoms. The van der Waals surface area contributed by atoms with Crippen LogP contribution >= 0.6 is 0 Å². The molecule has 1 aliphatic rings. The van der Waals surface area contributed by atoms with Crippen LogP contribution in [0, 0.1) is 0 Å². The maximum Gasteiger partial charge on any atom is 0.295 e. The molecule has 1 fully saturated rings. The average molecular weight is 379 g/mol. The zero-order chi connectivity index (χ0) is 20.1. The number of likely N-dealkylation sites (N-methyl/N-ethyl adjacent to an activating group) is 1. The lowest BCUT2D eigenvalue weighted by molar-refractivity contribution is -0.140. The number of likely N-dealkylation sites (tertiary alicyclic amines) is 1. The van der Waals surface area contributed by atoms with Crippen LogP contribution in [0.5, 0.6) is 0 Å². The number of aliphatic hydroxyl groups is 1. The van der Waals surface area contributed by atoms with E-state index in [2.05, 4.69) is 23.7 Å². The molecule has 1 atom stereocenters. The van der Waals surface area contributed by atoms with Gasteiger partial charge in [-0.15, -0.1) is 0 Å². The molecule has 6 heteroatoms. The van der Waals surface area contributed by atoms with E-state index in [4.69, 9.17) is 0 Å². The predicted octanol–water partition coefficient (Wildman–Crippen LogP) is 2.85. The largest absolute Gasteiger partial charge is 0.507 e. The first kappa shape index (κ1) is 19.8. The number of rotatable bonds is 7. The summed E-state index contributed by atoms with van der Waals surface area (Å²) in [4.78, 5) is 33.4. The average Bonchev–Trinajstić information content (AvgIpc) is 3.00. The van der Waals surface area contributed by atoms with Gasteiger partial charge in [0, 0.05) is 31.0 Å². The third-order valence-corrected chi connectivity index (χ3v) is 5.16. The molecule has 0 aliphatic carbocycles. The Bertz CT molecular complexity index is 861. The van der Waals surface area contributed by atoms with Gasteiger partial charge in [-0.25, -0.2) is 0 Å². The fourth-order valence-electron chi connectivity index (χ4n) is 3.55. The molecule has 2 heterocycles. The predicted molar refractivity (Wildman–Crippen MR) is 107 cm³/mol. The molecule has 1 aromatic carbocycles. The standard InChI is InChI=1S/C22H25N3O3/c1-3-24(4-2)14-15-25-19(16-8-6-5-7-9-16)18(21(27)22(25)28)20(26)17-10-12-23-13-11-17/h5-13,19,26H,3-4,14-15H2,1-2H3/t19-/m1/s1. The smallest absolute Gasteiger partial charge is 0.295 e. The monoisotopic (exact) mass is 379 g/mol. The van der Waals surface area contributed by atoms with Gasteiger partial charge in [-0.2, -0.15) is 0 Å². The third kappa shape index (κ3) is 3.82. The van der Waals surface area contributed by atoms with E-state index in [-0.39, 0.29) is 11.3 Å². The minimum atomic E-state index is -0.650. The summed E-state index contributed by atoms with van der Waals surface area (Å²) in [5.74, 6) is -1.39. The van der Waals surface area contributed by atoms with Gasteiger partial charge in [0.1, 0.15) is 5.76 Å². The van der Waals surface area contributed by atoms with E-state index in [9.17, 15) is 14.7 Å². The summed E-state index contributed by atoms with van der Waals surface area (Å²) in [6.07, 6.45) is 3.09. The zero-order valence-corrected chi connectivity index (χ0v) is 16.2. The van der Waals surface area contributed by atoms with Crippen molar-refractivity contribution in [3.8, 4) is 0 Å². The molecule has 1 N–H and O–H groups in total. The van der Waals surface area contributed by atoms with Crippen LogP contribution in [0.25, 0.3) is 5.76 Å². The molecule has 0 saturated carbocycles. The minimum absolute atomic E-state index is 0.127. The van der Waals surface area contributed by atoms with Gasteiger partial charge < -0.3 is 14.9 Å². The number of hydrogen-bond acceptors (Lipinski definition) is 5. The van der Waals surface area contributed by atoms with Crippen LogP contribution in [0.15, 0.2) is 60.4 Å². The number of nitrogens with zero attached hydrogens (tertiary/aromatic N) is 3. The summed E-state index contributed by atoms with van der Waals surface area (Å²) in [5.41, 5.74) is 1.40. The highest BCUT2D eigenvalue weighted by Gasteiger charge is 2.45. The lowest BCUT2D eigenvalue weighted by Crippen LogP contribution is -2.38. The Morgan fingerprint density at radius 1 is 1.07 bits per heavy atom. The van der Waals surface area contributed by atoms with Gasteiger partial charge in [-0.05, 0) is 30.8 Å². The third-order valence-electron chi connectivity index (χ3n) is 5.16. The minimum Gasteiger partial charge on any atom is -0.507 e. The van der Waals surface area contributed by atoms with E-state index in [0.29, 0.717) is 18.7 Å². The molecule has 1 aliphatic heterocycles. The van der Waals surface area contributed by atoms with Gasteiger partial charge in [0.05, 0.1) is 11.6 Å². The van der Waals surface area contributed by atoms with Crippen LogP contribution in [-0.4, -0.2) is 57.8 Å². The van der Waals surface area contributed by atoms with Gasteiger partial charge in [0.2, 0.25) is 0 Å². The molecule has 3 rings (SSSR count). The summed E-state index contributed by atoms with van der Waals surface area (Å²) >= 11 is 0. The lowest BCUT2D eigenvalue weighted by atomic mass is 9.95. The molecular weight excluding hydrogens is 354 g/mol. The summed E-state index contributed by atoms with van der Waals surface area (Å²) in [6.45, 7) is 6.95. The Morgan fingerprint density at radius 3 is 2.32 bits per heavy atom. The first-order valence-electron chi connectivity index (χ1n) is 9.54. The fraction of sp³-hybridized carbons (Fsp3) is 0.318. The number of aromatic nitrogens is 1. The quantitative estimate of drug-likeness (QED) is 0.455. The van der Waals surface area contributed by atoms with Crippen LogP contribution in [0.3, 0.4) is 0 Å². The fourth-order valence-corrected chi connectivity index (χ4v) is 3.55. The number of Topliss-reactive ketones (excluding diaryl/α,β-unsaturated/α-hetero) is 1. The van der Waals surface area contributed by atoms with Gasteiger partial charge in [0.25, 0.3) is 11.7 Å². The van der Waals surface area contributed by atoms with Gasteiger partial charge in [0.15, 0.2) is 0 Å². The molecule has 1 amide bonds. The van der Waals surface area contributed by atoms with Crippen LogP contribution in [-0.2, 0) is 9.59 Å². The van der Waals surface area contributed by atoms with Gasteiger partial charge in [-0.1, -0.05) is 44.2 Å². The first-order valence-corrected chi connectivity index (χ1v) is 9.54. The van der Waals surface area contributed by atoms with E-state index in [0.717, 1.165) is 18.7 Å². The molecule has 1 aromatic heterocycles. The van der Waals surface area contributed by atoms with Crippen LogP contribution in [0.1, 0.15) is 31.0 Å². The number of ketones is 1. The highest BCUT2D eigenvalue weighted by atomic mass is 16.3. The molecular formula is C22H25N3O3. The second-order valence-corrected chi connectivity index (χ2v) is 6.67. The topological polar surface area (TPSA) is 73.7 Å². The molecule has 1 saturated heterocycles. The van der Waals surface area contributed by atoms with E-state index in [1.807, 2.05) is 30.3 Å². The van der Waals surface area contributed by atoms with Crippen molar-refractivity contribution in [1.82, 2.24) is 14.8 Å². The number of carbonyl (C=O) groups excluding carboxylic acids is 2. The summed E-state index contributed by atoms with van der Waals surface area (Å²) in [5, 5.41) is 10.9. The normalized spacial score (nSPS) is 18.8. The van der Waals surface area contributed by atoms with E-state index in [1.54, 1.807) is 29.4 Å². The van der Waals surface area contributed by atoms with Crippen molar-refractivity contribution in [2.24, 2.45) is 0 Å². The number of carbonyl (C=O) groups is 2. The van der Waals surface area contributed by atoms with Gasteiger partial charge in [-0.3, -0.25) is 14.6 Å². The van der Waals surface area contributed by atoms with Gasteiger partial charge >= 0.3 is 0 Å². The maximum atomic E-state index is 12.9. The summed E-state index contributed by atoms with van der Waals surface area (Å²) < 4.78 is 0. The Balaban J connectivity index is 2.06. The summed E-state index contributed by atoms with van der Waals surface area (Å²) in [7, 11) is 0. The second kappa shape index (κ2) is 8.80. The summed E-state index contributed by atoms with van der Waals surface area (Å²) in [6, 6.07) is 12.0. The number of aliphatic hydroxyl groups excluding tert-OH is 1. The first-order chi connectivity index (χ1) is 13.6. The number of amides is 1. The van der Waals surface area contributed by atoms with E-state index >= 15 is 0 Å². The molecule has 146 valence electrons. The number of benzene rings is 1. The molecule has 0 unspecified atom stereocenters. The highest BCUT2D eigenvalue weighted by Crippen LogP contribution is 2.38.